The fraction of sp³-hybridized carbons (Fsp3) is 0.211. The zero-order chi connectivity index (χ0) is 18.7. The molecule has 0 saturated carbocycles. The molecular weight excluding hydrogens is 333 g/mol. The number of nitrogens with zero attached hydrogens (tertiary/aromatic N) is 2. The molecule has 3 aromatic rings. The lowest BCUT2D eigenvalue weighted by Crippen LogP contribution is -2.48. The van der Waals surface area contributed by atoms with Crippen molar-refractivity contribution in [3.05, 3.63) is 60.3 Å². The normalized spacial score (nSPS) is 11.4. The van der Waals surface area contributed by atoms with E-state index in [1.165, 1.54) is 12.1 Å². The van der Waals surface area contributed by atoms with Crippen molar-refractivity contribution in [1.29, 1.82) is 0 Å². The largest absolute Gasteiger partial charge is 0.347 e. The van der Waals surface area contributed by atoms with Crippen molar-refractivity contribution in [3.63, 3.8) is 0 Å². The Morgan fingerprint density at radius 3 is 2.73 bits per heavy atom. The van der Waals surface area contributed by atoms with E-state index in [2.05, 4.69) is 20.3 Å². The number of hydrogen-bond donors (Lipinski definition) is 3. The Labute approximate surface area is 150 Å². The Hall–Kier alpha value is -3.06. The van der Waals surface area contributed by atoms with Crippen LogP contribution in [0.1, 0.15) is 19.7 Å². The molecular formula is C19H20FN5O. The summed E-state index contributed by atoms with van der Waals surface area (Å²) in [5, 5.41) is 2.74. The van der Waals surface area contributed by atoms with Crippen LogP contribution in [0.3, 0.4) is 0 Å². The maximum atomic E-state index is 13.7. The van der Waals surface area contributed by atoms with Gasteiger partial charge in [-0.3, -0.25) is 9.78 Å². The average Bonchev–Trinajstić information content (AvgIpc) is 3.04. The van der Waals surface area contributed by atoms with Crippen LogP contribution >= 0.6 is 0 Å². The van der Waals surface area contributed by atoms with E-state index in [4.69, 9.17) is 5.73 Å². The molecule has 0 spiro atoms. The molecule has 3 rings (SSSR count). The van der Waals surface area contributed by atoms with Gasteiger partial charge in [0.2, 0.25) is 5.91 Å². The topological polar surface area (TPSA) is 96.7 Å². The van der Waals surface area contributed by atoms with Crippen LogP contribution in [-0.4, -0.2) is 26.4 Å². The third-order valence-corrected chi connectivity index (χ3v) is 3.77. The van der Waals surface area contributed by atoms with E-state index >= 15 is 0 Å². The van der Waals surface area contributed by atoms with Gasteiger partial charge < -0.3 is 16.0 Å². The summed E-state index contributed by atoms with van der Waals surface area (Å²) in [6, 6.07) is 11.7. The second-order valence-corrected chi connectivity index (χ2v) is 6.54. The Bertz CT molecular complexity index is 915. The number of amides is 1. The highest BCUT2D eigenvalue weighted by atomic mass is 19.1. The number of aromatic amines is 1. The zero-order valence-corrected chi connectivity index (χ0v) is 14.6. The number of imidazole rings is 1. The first-order valence-electron chi connectivity index (χ1n) is 8.18. The van der Waals surface area contributed by atoms with Crippen molar-refractivity contribution >= 4 is 5.91 Å². The van der Waals surface area contributed by atoms with Crippen molar-refractivity contribution in [3.8, 4) is 22.6 Å². The lowest BCUT2D eigenvalue weighted by atomic mass is 10.1. The second kappa shape index (κ2) is 7.05. The smallest absolute Gasteiger partial charge is 0.239 e. The van der Waals surface area contributed by atoms with E-state index in [-0.39, 0.29) is 18.3 Å². The van der Waals surface area contributed by atoms with Gasteiger partial charge in [0.05, 0.1) is 29.2 Å². The van der Waals surface area contributed by atoms with E-state index < -0.39 is 5.54 Å². The van der Waals surface area contributed by atoms with E-state index in [9.17, 15) is 9.18 Å². The minimum atomic E-state index is -0.984. The van der Waals surface area contributed by atoms with Gasteiger partial charge >= 0.3 is 0 Å². The summed E-state index contributed by atoms with van der Waals surface area (Å²) in [5.74, 6) is -0.111. The highest BCUT2D eigenvalue weighted by molar-refractivity contribution is 5.85. The van der Waals surface area contributed by atoms with Gasteiger partial charge in [-0.25, -0.2) is 9.37 Å². The van der Waals surface area contributed by atoms with Crippen LogP contribution < -0.4 is 11.1 Å². The molecule has 0 aliphatic heterocycles. The maximum absolute atomic E-state index is 13.7. The Balaban J connectivity index is 1.97. The average molecular weight is 353 g/mol. The third kappa shape index (κ3) is 3.94. The second-order valence-electron chi connectivity index (χ2n) is 6.54. The minimum Gasteiger partial charge on any atom is -0.347 e. The van der Waals surface area contributed by atoms with Crippen LogP contribution in [0.25, 0.3) is 22.6 Å². The summed E-state index contributed by atoms with van der Waals surface area (Å²) < 4.78 is 13.7. The number of nitrogens with one attached hydrogen (secondary N) is 2. The van der Waals surface area contributed by atoms with Crippen LogP contribution in [0.5, 0.6) is 0 Å². The first kappa shape index (κ1) is 17.8. The molecule has 4 N–H and O–H groups in total. The molecule has 0 fully saturated rings. The lowest BCUT2D eigenvalue weighted by Gasteiger charge is -2.16. The van der Waals surface area contributed by atoms with E-state index in [0.29, 0.717) is 28.5 Å². The molecule has 0 saturated heterocycles. The van der Waals surface area contributed by atoms with Gasteiger partial charge in [0, 0.05) is 11.8 Å². The quantitative estimate of drug-likeness (QED) is 0.657. The van der Waals surface area contributed by atoms with Gasteiger partial charge in [0.25, 0.3) is 0 Å². The predicted molar refractivity (Wildman–Crippen MR) is 97.3 cm³/mol. The zero-order valence-electron chi connectivity index (χ0n) is 14.6. The van der Waals surface area contributed by atoms with Crippen molar-refractivity contribution in [1.82, 2.24) is 20.3 Å². The van der Waals surface area contributed by atoms with Gasteiger partial charge in [-0.05, 0) is 38.1 Å². The van der Waals surface area contributed by atoms with Gasteiger partial charge in [-0.2, -0.15) is 0 Å². The first-order valence-corrected chi connectivity index (χ1v) is 8.18. The number of hydrogen-bond acceptors (Lipinski definition) is 4. The number of H-pyrrole nitrogens is 1. The molecule has 0 aliphatic carbocycles. The number of aromatic nitrogens is 3. The van der Waals surface area contributed by atoms with Crippen LogP contribution in [0.4, 0.5) is 4.39 Å². The molecule has 26 heavy (non-hydrogen) atoms. The first-order chi connectivity index (χ1) is 12.3. The van der Waals surface area contributed by atoms with Gasteiger partial charge in [-0.1, -0.05) is 18.2 Å². The number of rotatable bonds is 5. The minimum absolute atomic E-state index is 0.175. The number of halogens is 1. The van der Waals surface area contributed by atoms with Crippen molar-refractivity contribution in [2.75, 3.05) is 0 Å². The SMILES string of the molecule is CC(C)(N)C(=O)NCc1nc(-c2cccc(F)c2)c(-c2ccccn2)[nH]1. The van der Waals surface area contributed by atoms with Crippen molar-refractivity contribution in [2.45, 2.75) is 25.9 Å². The maximum Gasteiger partial charge on any atom is 0.239 e. The Morgan fingerprint density at radius 2 is 2.08 bits per heavy atom. The number of nitrogens with two attached hydrogens (primary N) is 1. The summed E-state index contributed by atoms with van der Waals surface area (Å²) in [6.45, 7) is 3.43. The summed E-state index contributed by atoms with van der Waals surface area (Å²) >= 11 is 0. The highest BCUT2D eigenvalue weighted by Gasteiger charge is 2.22. The highest BCUT2D eigenvalue weighted by Crippen LogP contribution is 2.29. The van der Waals surface area contributed by atoms with Crippen LogP contribution in [0.15, 0.2) is 48.7 Å². The number of carbonyl (C=O) groups is 1. The monoisotopic (exact) mass is 353 g/mol. The predicted octanol–water partition coefficient (Wildman–Crippen LogP) is 2.63. The molecule has 2 heterocycles. The molecule has 0 bridgehead atoms. The molecule has 134 valence electrons. The Morgan fingerprint density at radius 1 is 1.27 bits per heavy atom. The summed E-state index contributed by atoms with van der Waals surface area (Å²) in [4.78, 5) is 24.0. The number of pyridine rings is 1. The number of carbonyl (C=O) groups excluding carboxylic acids is 1. The van der Waals surface area contributed by atoms with E-state index in [1.54, 1.807) is 32.2 Å². The fourth-order valence-corrected chi connectivity index (χ4v) is 2.44. The van der Waals surface area contributed by atoms with E-state index in [1.807, 2.05) is 18.2 Å². The molecule has 0 aliphatic rings. The number of benzene rings is 1. The molecule has 0 unspecified atom stereocenters. The van der Waals surface area contributed by atoms with Crippen molar-refractivity contribution in [2.24, 2.45) is 5.73 Å². The third-order valence-electron chi connectivity index (χ3n) is 3.77. The summed E-state index contributed by atoms with van der Waals surface area (Å²) in [7, 11) is 0. The summed E-state index contributed by atoms with van der Waals surface area (Å²) in [5.41, 5.74) is 7.33. The fourth-order valence-electron chi connectivity index (χ4n) is 2.44. The lowest BCUT2D eigenvalue weighted by molar-refractivity contribution is -0.125. The molecule has 2 aromatic heterocycles. The van der Waals surface area contributed by atoms with Crippen LogP contribution in [0.2, 0.25) is 0 Å². The molecule has 1 aromatic carbocycles. The standard InChI is InChI=1S/C19H20FN5O/c1-19(2,21)18(26)23-11-15-24-16(12-6-5-7-13(20)10-12)17(25-15)14-8-3-4-9-22-14/h3-10H,11,21H2,1-2H3,(H,23,26)(H,24,25). The van der Waals surface area contributed by atoms with Crippen LogP contribution in [0, 0.1) is 5.82 Å². The van der Waals surface area contributed by atoms with Gasteiger partial charge in [-0.15, -0.1) is 0 Å². The summed E-state index contributed by atoms with van der Waals surface area (Å²) in [6.07, 6.45) is 1.67. The molecule has 7 heteroatoms. The van der Waals surface area contributed by atoms with Crippen LogP contribution in [-0.2, 0) is 11.3 Å². The Kier molecular flexibility index (Phi) is 4.81. The van der Waals surface area contributed by atoms with Gasteiger partial charge in [0.15, 0.2) is 0 Å². The molecule has 1 amide bonds. The molecule has 0 atom stereocenters. The van der Waals surface area contributed by atoms with E-state index in [0.717, 1.165) is 0 Å². The van der Waals surface area contributed by atoms with Crippen molar-refractivity contribution < 1.29 is 9.18 Å². The van der Waals surface area contributed by atoms with Gasteiger partial charge in [0.1, 0.15) is 11.6 Å². The molecule has 6 nitrogen and oxygen atoms in total. The molecule has 0 radical (unpaired) electrons.